The van der Waals surface area contributed by atoms with E-state index in [4.69, 9.17) is 9.15 Å². The fourth-order valence-electron chi connectivity index (χ4n) is 4.41. The van der Waals surface area contributed by atoms with Crippen molar-refractivity contribution in [3.05, 3.63) is 75.1 Å². The normalized spacial score (nSPS) is 17.4. The molecule has 0 saturated carbocycles. The van der Waals surface area contributed by atoms with Crippen molar-refractivity contribution in [1.82, 2.24) is 9.80 Å². The smallest absolute Gasteiger partial charge is 0.336 e. The summed E-state index contributed by atoms with van der Waals surface area (Å²) in [4.78, 5) is 16.9. The van der Waals surface area contributed by atoms with Gasteiger partial charge in [-0.05, 0) is 41.3 Å². The molecular formula is C24H26N2O3. The van der Waals surface area contributed by atoms with E-state index in [1.54, 1.807) is 6.07 Å². The van der Waals surface area contributed by atoms with Crippen molar-refractivity contribution in [2.24, 2.45) is 0 Å². The number of rotatable bonds is 4. The minimum Gasteiger partial charge on any atom is -0.493 e. The Morgan fingerprint density at radius 2 is 1.72 bits per heavy atom. The number of benzene rings is 2. The average Bonchev–Trinajstić information content (AvgIpc) is 3.17. The van der Waals surface area contributed by atoms with E-state index in [0.717, 1.165) is 74.6 Å². The number of piperazine rings is 1. The van der Waals surface area contributed by atoms with Gasteiger partial charge < -0.3 is 9.15 Å². The van der Waals surface area contributed by atoms with Gasteiger partial charge in [0.1, 0.15) is 11.3 Å². The summed E-state index contributed by atoms with van der Waals surface area (Å²) in [7, 11) is 0. The lowest BCUT2D eigenvalue weighted by molar-refractivity contribution is 0.122. The first kappa shape index (κ1) is 18.4. The fourth-order valence-corrected chi connectivity index (χ4v) is 4.41. The number of aryl methyl sites for hydroxylation is 1. The molecule has 1 fully saturated rings. The lowest BCUT2D eigenvalue weighted by Crippen LogP contribution is -2.45. The summed E-state index contributed by atoms with van der Waals surface area (Å²) < 4.78 is 11.0. The van der Waals surface area contributed by atoms with Crippen LogP contribution in [0, 0.1) is 6.92 Å². The third-order valence-electron chi connectivity index (χ3n) is 6.00. The third kappa shape index (κ3) is 3.93. The Balaban J connectivity index is 1.23. The molecule has 3 heterocycles. The summed E-state index contributed by atoms with van der Waals surface area (Å²) in [6, 6.07) is 14.3. The Kier molecular flexibility index (Phi) is 4.86. The lowest BCUT2D eigenvalue weighted by atomic mass is 10.1. The maximum absolute atomic E-state index is 12.0. The molecule has 2 aliphatic rings. The lowest BCUT2D eigenvalue weighted by Gasteiger charge is -2.35. The highest BCUT2D eigenvalue weighted by atomic mass is 16.5. The second-order valence-electron chi connectivity index (χ2n) is 8.18. The van der Waals surface area contributed by atoms with E-state index in [1.807, 2.05) is 13.0 Å². The van der Waals surface area contributed by atoms with E-state index in [2.05, 4.69) is 40.1 Å². The van der Waals surface area contributed by atoms with E-state index in [0.29, 0.717) is 5.58 Å². The van der Waals surface area contributed by atoms with Gasteiger partial charge in [0, 0.05) is 57.1 Å². The van der Waals surface area contributed by atoms with Gasteiger partial charge in [-0.1, -0.05) is 24.3 Å². The van der Waals surface area contributed by atoms with Gasteiger partial charge in [-0.3, -0.25) is 9.80 Å². The monoisotopic (exact) mass is 390 g/mol. The summed E-state index contributed by atoms with van der Waals surface area (Å²) in [6.07, 6.45) is 1.02. The molecule has 2 aliphatic heterocycles. The summed E-state index contributed by atoms with van der Waals surface area (Å²) in [5.41, 5.74) is 5.28. The highest BCUT2D eigenvalue weighted by Gasteiger charge is 2.19. The van der Waals surface area contributed by atoms with Crippen LogP contribution in [-0.4, -0.2) is 42.6 Å². The Morgan fingerprint density at radius 1 is 0.931 bits per heavy atom. The highest BCUT2D eigenvalue weighted by molar-refractivity contribution is 5.80. The first-order valence-electron chi connectivity index (χ1n) is 10.4. The zero-order valence-corrected chi connectivity index (χ0v) is 16.8. The van der Waals surface area contributed by atoms with Crippen LogP contribution in [0.4, 0.5) is 0 Å². The molecule has 3 aromatic rings. The maximum atomic E-state index is 12.0. The minimum atomic E-state index is -0.266. The molecule has 5 nitrogen and oxygen atoms in total. The molecule has 5 heteroatoms. The minimum absolute atomic E-state index is 0.266. The van der Waals surface area contributed by atoms with Crippen LogP contribution < -0.4 is 10.4 Å². The Bertz CT molecular complexity index is 1100. The molecular weight excluding hydrogens is 364 g/mol. The van der Waals surface area contributed by atoms with Gasteiger partial charge in [-0.15, -0.1) is 0 Å². The average molecular weight is 390 g/mol. The molecule has 0 unspecified atom stereocenters. The molecule has 0 amide bonds. The van der Waals surface area contributed by atoms with Gasteiger partial charge in [0.05, 0.1) is 6.61 Å². The van der Waals surface area contributed by atoms with E-state index in [-0.39, 0.29) is 5.63 Å². The first-order chi connectivity index (χ1) is 14.1. The van der Waals surface area contributed by atoms with Gasteiger partial charge in [0.2, 0.25) is 0 Å². The Labute approximate surface area is 170 Å². The zero-order valence-electron chi connectivity index (χ0n) is 16.8. The van der Waals surface area contributed by atoms with Crippen molar-refractivity contribution in [2.45, 2.75) is 26.4 Å². The largest absolute Gasteiger partial charge is 0.493 e. The topological polar surface area (TPSA) is 45.9 Å². The molecule has 0 spiro atoms. The summed E-state index contributed by atoms with van der Waals surface area (Å²) in [6.45, 7) is 8.66. The van der Waals surface area contributed by atoms with Crippen LogP contribution in [-0.2, 0) is 19.5 Å². The van der Waals surface area contributed by atoms with Crippen LogP contribution in [0.2, 0.25) is 0 Å². The van der Waals surface area contributed by atoms with Crippen LogP contribution in [0.25, 0.3) is 11.0 Å². The number of ether oxygens (including phenoxy) is 1. The van der Waals surface area contributed by atoms with Gasteiger partial charge in [-0.2, -0.15) is 0 Å². The maximum Gasteiger partial charge on any atom is 0.336 e. The zero-order chi connectivity index (χ0) is 19.8. The van der Waals surface area contributed by atoms with Crippen LogP contribution >= 0.6 is 0 Å². The fraction of sp³-hybridized carbons (Fsp3) is 0.375. The molecule has 2 aromatic carbocycles. The molecule has 1 saturated heterocycles. The second kappa shape index (κ2) is 7.65. The van der Waals surface area contributed by atoms with E-state index < -0.39 is 0 Å². The van der Waals surface area contributed by atoms with Gasteiger partial charge in [-0.25, -0.2) is 4.79 Å². The first-order valence-corrected chi connectivity index (χ1v) is 10.4. The third-order valence-corrected chi connectivity index (χ3v) is 6.00. The van der Waals surface area contributed by atoms with Gasteiger partial charge >= 0.3 is 5.63 Å². The number of nitrogens with zero attached hydrogens (tertiary/aromatic N) is 2. The van der Waals surface area contributed by atoms with Crippen LogP contribution in [0.15, 0.2) is 51.7 Å². The second-order valence-corrected chi connectivity index (χ2v) is 8.18. The van der Waals surface area contributed by atoms with Crippen molar-refractivity contribution in [3.8, 4) is 5.75 Å². The van der Waals surface area contributed by atoms with Crippen LogP contribution in [0.1, 0.15) is 22.3 Å². The van der Waals surface area contributed by atoms with Gasteiger partial charge in [0.25, 0.3) is 0 Å². The number of fused-ring (bicyclic) bond motifs is 2. The molecule has 29 heavy (non-hydrogen) atoms. The SMILES string of the molecule is Cc1ccc2c(CN3CCN(Cc4ccc5c(c4)CCO5)CC3)cc(=O)oc2c1. The van der Waals surface area contributed by atoms with Crippen molar-refractivity contribution in [3.63, 3.8) is 0 Å². The van der Waals surface area contributed by atoms with Crippen LogP contribution in [0.3, 0.4) is 0 Å². The summed E-state index contributed by atoms with van der Waals surface area (Å²) in [5, 5.41) is 1.04. The molecule has 5 rings (SSSR count). The molecule has 0 radical (unpaired) electrons. The van der Waals surface area contributed by atoms with Crippen LogP contribution in [0.5, 0.6) is 5.75 Å². The number of hydrogen-bond donors (Lipinski definition) is 0. The van der Waals surface area contributed by atoms with Crippen molar-refractivity contribution in [2.75, 3.05) is 32.8 Å². The highest BCUT2D eigenvalue weighted by Crippen LogP contribution is 2.26. The Hall–Kier alpha value is -2.63. The summed E-state index contributed by atoms with van der Waals surface area (Å²) in [5.74, 6) is 1.05. The number of hydrogen-bond acceptors (Lipinski definition) is 5. The quantitative estimate of drug-likeness (QED) is 0.640. The van der Waals surface area contributed by atoms with Crippen molar-refractivity contribution >= 4 is 11.0 Å². The van der Waals surface area contributed by atoms with E-state index >= 15 is 0 Å². The predicted molar refractivity (Wildman–Crippen MR) is 113 cm³/mol. The molecule has 0 bridgehead atoms. The van der Waals surface area contributed by atoms with Crippen molar-refractivity contribution in [1.29, 1.82) is 0 Å². The van der Waals surface area contributed by atoms with E-state index in [1.165, 1.54) is 11.1 Å². The summed E-state index contributed by atoms with van der Waals surface area (Å²) >= 11 is 0. The van der Waals surface area contributed by atoms with Crippen molar-refractivity contribution < 1.29 is 9.15 Å². The molecule has 150 valence electrons. The van der Waals surface area contributed by atoms with Gasteiger partial charge in [0.15, 0.2) is 0 Å². The molecule has 0 N–H and O–H groups in total. The molecule has 1 aromatic heterocycles. The molecule has 0 atom stereocenters. The molecule has 0 aliphatic carbocycles. The predicted octanol–water partition coefficient (Wildman–Crippen LogP) is 3.35. The van der Waals surface area contributed by atoms with E-state index in [9.17, 15) is 4.79 Å². The Morgan fingerprint density at radius 3 is 2.55 bits per heavy atom. The standard InChI is InChI=1S/C24H26N2O3/c1-17-2-4-21-20(14-24(27)29-23(21)12-17)16-26-9-7-25(8-10-26)15-18-3-5-22-19(13-18)6-11-28-22/h2-5,12-14H,6-11,15-16H2,1H3.